The zero-order valence-electron chi connectivity index (χ0n) is 15.5. The summed E-state index contributed by atoms with van der Waals surface area (Å²) >= 11 is 0. The van der Waals surface area contributed by atoms with E-state index in [9.17, 15) is 4.79 Å². The van der Waals surface area contributed by atoms with Crippen LogP contribution in [0.2, 0.25) is 0 Å². The Morgan fingerprint density at radius 3 is 2.74 bits per heavy atom. The second kappa shape index (κ2) is 9.66. The molecule has 0 spiro atoms. The molecule has 1 aromatic carbocycles. The molecule has 1 aliphatic carbocycles. The number of hydrogen-bond donors (Lipinski definition) is 3. The van der Waals surface area contributed by atoms with Crippen molar-refractivity contribution in [1.82, 2.24) is 16.0 Å². The van der Waals surface area contributed by atoms with Gasteiger partial charge in [-0.3, -0.25) is 9.79 Å². The van der Waals surface area contributed by atoms with Crippen LogP contribution in [0.25, 0.3) is 0 Å². The number of furan rings is 1. The van der Waals surface area contributed by atoms with Crippen molar-refractivity contribution in [3.05, 3.63) is 54.0 Å². The smallest absolute Gasteiger partial charge is 0.239 e. The topological polar surface area (TPSA) is 87.9 Å². The van der Waals surface area contributed by atoms with Crippen LogP contribution in [0.15, 0.2) is 52.1 Å². The van der Waals surface area contributed by atoms with E-state index in [1.165, 1.54) is 12.8 Å². The number of rotatable bonds is 9. The number of amides is 1. The molecule has 1 heterocycles. The van der Waals surface area contributed by atoms with E-state index in [0.717, 1.165) is 17.9 Å². The molecule has 0 aliphatic heterocycles. The molecule has 0 bridgehead atoms. The maximum Gasteiger partial charge on any atom is 0.239 e. The minimum Gasteiger partial charge on any atom is -0.493 e. The molecule has 1 saturated carbocycles. The monoisotopic (exact) mass is 370 g/mol. The maximum absolute atomic E-state index is 11.9. The largest absolute Gasteiger partial charge is 0.493 e. The Hall–Kier alpha value is -2.96. The van der Waals surface area contributed by atoms with Gasteiger partial charge >= 0.3 is 0 Å². The number of hydrogen-bond acceptors (Lipinski definition) is 4. The summed E-state index contributed by atoms with van der Waals surface area (Å²) in [6, 6.07) is 11.6. The van der Waals surface area contributed by atoms with E-state index < -0.39 is 0 Å². The predicted octanol–water partition coefficient (Wildman–Crippen LogP) is 2.05. The molecule has 1 amide bonds. The molecule has 3 rings (SSSR count). The lowest BCUT2D eigenvalue weighted by molar-refractivity contribution is -0.120. The highest BCUT2D eigenvalue weighted by Gasteiger charge is 2.22. The van der Waals surface area contributed by atoms with E-state index in [4.69, 9.17) is 9.15 Å². The van der Waals surface area contributed by atoms with Gasteiger partial charge in [0, 0.05) is 19.2 Å². The Balaban J connectivity index is 1.41. The van der Waals surface area contributed by atoms with Crippen LogP contribution >= 0.6 is 0 Å². The standard InChI is InChI=1S/C20H26N4O3/c1-21-20(24-13-19(25)22-12-17-6-4-10-26-17)23-11-16-5-2-3-7-18(16)27-14-15-8-9-15/h2-7,10,15H,8-9,11-14H2,1H3,(H,22,25)(H2,21,23,24). The first-order chi connectivity index (χ1) is 13.2. The highest BCUT2D eigenvalue weighted by molar-refractivity contribution is 5.86. The summed E-state index contributed by atoms with van der Waals surface area (Å²) in [6.45, 7) is 1.83. The number of carbonyl (C=O) groups is 1. The molecule has 2 aromatic rings. The van der Waals surface area contributed by atoms with Crippen LogP contribution in [-0.2, 0) is 17.9 Å². The third kappa shape index (κ3) is 6.36. The van der Waals surface area contributed by atoms with Gasteiger partial charge in [-0.2, -0.15) is 0 Å². The molecular formula is C20H26N4O3. The van der Waals surface area contributed by atoms with Crippen molar-refractivity contribution in [2.45, 2.75) is 25.9 Å². The van der Waals surface area contributed by atoms with E-state index in [0.29, 0.717) is 30.7 Å². The molecule has 7 heteroatoms. The van der Waals surface area contributed by atoms with Gasteiger partial charge in [-0.1, -0.05) is 18.2 Å². The molecule has 0 atom stereocenters. The first-order valence-corrected chi connectivity index (χ1v) is 9.19. The van der Waals surface area contributed by atoms with Gasteiger partial charge in [-0.15, -0.1) is 0 Å². The fourth-order valence-electron chi connectivity index (χ4n) is 2.51. The zero-order valence-corrected chi connectivity index (χ0v) is 15.5. The third-order valence-electron chi connectivity index (χ3n) is 4.27. The molecular weight excluding hydrogens is 344 g/mol. The zero-order chi connectivity index (χ0) is 18.9. The summed E-state index contributed by atoms with van der Waals surface area (Å²) < 4.78 is 11.1. The number of guanidine groups is 1. The van der Waals surface area contributed by atoms with Gasteiger partial charge in [0.25, 0.3) is 0 Å². The number of aliphatic imine (C=N–C) groups is 1. The lowest BCUT2D eigenvalue weighted by atomic mass is 10.2. The number of nitrogens with zero attached hydrogens (tertiary/aromatic N) is 1. The number of carbonyl (C=O) groups excluding carboxylic acids is 1. The Morgan fingerprint density at radius 2 is 2.00 bits per heavy atom. The van der Waals surface area contributed by atoms with E-state index in [1.807, 2.05) is 30.3 Å². The minimum atomic E-state index is -0.137. The Kier molecular flexibility index (Phi) is 6.73. The van der Waals surface area contributed by atoms with Crippen molar-refractivity contribution in [2.24, 2.45) is 10.9 Å². The number of nitrogens with one attached hydrogen (secondary N) is 3. The van der Waals surface area contributed by atoms with Crippen molar-refractivity contribution in [1.29, 1.82) is 0 Å². The summed E-state index contributed by atoms with van der Waals surface area (Å²) in [7, 11) is 1.67. The average molecular weight is 370 g/mol. The molecule has 7 nitrogen and oxygen atoms in total. The van der Waals surface area contributed by atoms with Crippen LogP contribution in [0.4, 0.5) is 0 Å². The first kappa shape index (κ1) is 18.8. The fraction of sp³-hybridized carbons (Fsp3) is 0.400. The van der Waals surface area contributed by atoms with E-state index in [-0.39, 0.29) is 12.5 Å². The average Bonchev–Trinajstić information content (AvgIpc) is 3.38. The molecule has 0 saturated heterocycles. The maximum atomic E-state index is 11.9. The van der Waals surface area contributed by atoms with E-state index in [1.54, 1.807) is 19.4 Å². The van der Waals surface area contributed by atoms with Crippen LogP contribution in [0.1, 0.15) is 24.2 Å². The van der Waals surface area contributed by atoms with Crippen LogP contribution in [0, 0.1) is 5.92 Å². The molecule has 27 heavy (non-hydrogen) atoms. The van der Waals surface area contributed by atoms with Gasteiger partial charge < -0.3 is 25.1 Å². The summed E-state index contributed by atoms with van der Waals surface area (Å²) in [5.74, 6) is 2.74. The normalized spacial score (nSPS) is 13.9. The molecule has 0 radical (unpaired) electrons. The molecule has 3 N–H and O–H groups in total. The van der Waals surface area contributed by atoms with E-state index >= 15 is 0 Å². The molecule has 1 aliphatic rings. The van der Waals surface area contributed by atoms with Gasteiger partial charge in [0.15, 0.2) is 5.96 Å². The second-order valence-electron chi connectivity index (χ2n) is 6.50. The fourth-order valence-corrected chi connectivity index (χ4v) is 2.51. The molecule has 144 valence electrons. The highest BCUT2D eigenvalue weighted by Crippen LogP contribution is 2.30. The summed E-state index contributed by atoms with van der Waals surface area (Å²) in [5, 5.41) is 9.00. The lowest BCUT2D eigenvalue weighted by Gasteiger charge is -2.14. The summed E-state index contributed by atoms with van der Waals surface area (Å²) in [4.78, 5) is 16.1. The highest BCUT2D eigenvalue weighted by atomic mass is 16.5. The van der Waals surface area contributed by atoms with Crippen molar-refractivity contribution in [2.75, 3.05) is 20.2 Å². The number of benzene rings is 1. The minimum absolute atomic E-state index is 0.125. The second-order valence-corrected chi connectivity index (χ2v) is 6.50. The Morgan fingerprint density at radius 1 is 1.15 bits per heavy atom. The number of para-hydroxylation sites is 1. The first-order valence-electron chi connectivity index (χ1n) is 9.19. The number of ether oxygens (including phenoxy) is 1. The van der Waals surface area contributed by atoms with Crippen molar-refractivity contribution in [3.8, 4) is 5.75 Å². The summed E-state index contributed by atoms with van der Waals surface area (Å²) in [5.41, 5.74) is 1.06. The van der Waals surface area contributed by atoms with Gasteiger partial charge in [0.05, 0.1) is 26.0 Å². The van der Waals surface area contributed by atoms with Gasteiger partial charge in [-0.05, 0) is 37.0 Å². The molecule has 1 fully saturated rings. The Bertz CT molecular complexity index is 754. The Labute approximate surface area is 159 Å². The predicted molar refractivity (Wildman–Crippen MR) is 103 cm³/mol. The van der Waals surface area contributed by atoms with Crippen LogP contribution in [0.5, 0.6) is 5.75 Å². The van der Waals surface area contributed by atoms with Crippen LogP contribution in [-0.4, -0.2) is 32.1 Å². The molecule has 0 unspecified atom stereocenters. The van der Waals surface area contributed by atoms with Crippen LogP contribution < -0.4 is 20.7 Å². The van der Waals surface area contributed by atoms with Crippen LogP contribution in [0.3, 0.4) is 0 Å². The van der Waals surface area contributed by atoms with Crippen molar-refractivity contribution >= 4 is 11.9 Å². The van der Waals surface area contributed by atoms with Gasteiger partial charge in [0.1, 0.15) is 11.5 Å². The third-order valence-corrected chi connectivity index (χ3v) is 4.27. The summed E-state index contributed by atoms with van der Waals surface area (Å²) in [6.07, 6.45) is 4.11. The van der Waals surface area contributed by atoms with Crippen molar-refractivity contribution < 1.29 is 13.9 Å². The SMILES string of the molecule is CN=C(NCC(=O)NCc1ccco1)NCc1ccccc1OCC1CC1. The van der Waals surface area contributed by atoms with Gasteiger partial charge in [0.2, 0.25) is 5.91 Å². The lowest BCUT2D eigenvalue weighted by Crippen LogP contribution is -2.42. The van der Waals surface area contributed by atoms with E-state index in [2.05, 4.69) is 20.9 Å². The quantitative estimate of drug-likeness (QED) is 0.464. The van der Waals surface area contributed by atoms with Gasteiger partial charge in [-0.25, -0.2) is 0 Å². The van der Waals surface area contributed by atoms with Crippen molar-refractivity contribution in [3.63, 3.8) is 0 Å². The molecule has 1 aromatic heterocycles.